The van der Waals surface area contributed by atoms with Crippen LogP contribution in [0.2, 0.25) is 0 Å². The van der Waals surface area contributed by atoms with Gasteiger partial charge in [0.05, 0.1) is 20.3 Å². The van der Waals surface area contributed by atoms with E-state index in [1.165, 1.54) is 16.7 Å². The molecule has 0 atom stereocenters. The number of rotatable bonds is 3. The maximum atomic E-state index is 5.98. The van der Waals surface area contributed by atoms with Crippen molar-refractivity contribution < 1.29 is 9.47 Å². The molecule has 2 N–H and O–H groups in total. The summed E-state index contributed by atoms with van der Waals surface area (Å²) in [4.78, 5) is 0. The average molecular weight is 261 g/mol. The van der Waals surface area contributed by atoms with Crippen LogP contribution in [0.3, 0.4) is 0 Å². The van der Waals surface area contributed by atoms with Crippen molar-refractivity contribution in [2.45, 2.75) is 38.1 Å². The minimum absolute atomic E-state index is 0.138. The predicted molar refractivity (Wildman–Crippen MR) is 75.7 cm³/mol. The van der Waals surface area contributed by atoms with Crippen molar-refractivity contribution >= 4 is 0 Å². The summed E-state index contributed by atoms with van der Waals surface area (Å²) in [5, 5.41) is 0. The Balaban J connectivity index is 2.04. The van der Waals surface area contributed by atoms with Gasteiger partial charge in [0, 0.05) is 17.0 Å². The zero-order chi connectivity index (χ0) is 13.6. The molecule has 0 spiro atoms. The maximum Gasteiger partial charge on any atom is 0.123 e. The molecule has 1 saturated heterocycles. The summed E-state index contributed by atoms with van der Waals surface area (Å²) in [5.74, 6) is 1.66. The van der Waals surface area contributed by atoms with Crippen molar-refractivity contribution in [2.24, 2.45) is 11.7 Å². The van der Waals surface area contributed by atoms with Crippen LogP contribution in [-0.2, 0) is 10.2 Å². The Hall–Kier alpha value is -1.06. The SMILES string of the molecule is COc1cc(C)cc(C)c1C1(C2CC(N)C2)COC1. The van der Waals surface area contributed by atoms with E-state index < -0.39 is 0 Å². The van der Waals surface area contributed by atoms with E-state index in [1.807, 2.05) is 0 Å². The van der Waals surface area contributed by atoms with Crippen LogP contribution in [-0.4, -0.2) is 26.4 Å². The standard InChI is InChI=1S/C16H23NO2/c1-10-4-11(2)15(14(5-10)18-3)16(8-19-9-16)12-6-13(17)7-12/h4-5,12-13H,6-9,17H2,1-3H3. The maximum absolute atomic E-state index is 5.98. The van der Waals surface area contributed by atoms with Gasteiger partial charge in [-0.3, -0.25) is 0 Å². The highest BCUT2D eigenvalue weighted by atomic mass is 16.5. The van der Waals surface area contributed by atoms with E-state index in [1.54, 1.807) is 7.11 Å². The van der Waals surface area contributed by atoms with Crippen LogP contribution in [0.25, 0.3) is 0 Å². The summed E-state index contributed by atoms with van der Waals surface area (Å²) in [6.07, 6.45) is 2.22. The molecule has 2 fully saturated rings. The van der Waals surface area contributed by atoms with Gasteiger partial charge in [0.25, 0.3) is 0 Å². The molecule has 0 aromatic heterocycles. The van der Waals surface area contributed by atoms with E-state index in [0.29, 0.717) is 12.0 Å². The number of hydrogen-bond acceptors (Lipinski definition) is 3. The summed E-state index contributed by atoms with van der Waals surface area (Å²) < 4.78 is 11.2. The largest absolute Gasteiger partial charge is 0.496 e. The summed E-state index contributed by atoms with van der Waals surface area (Å²) in [5.41, 5.74) is 10.0. The Bertz CT molecular complexity index is 488. The van der Waals surface area contributed by atoms with Gasteiger partial charge in [-0.2, -0.15) is 0 Å². The summed E-state index contributed by atoms with van der Waals surface area (Å²) in [7, 11) is 1.76. The van der Waals surface area contributed by atoms with Gasteiger partial charge in [-0.05, 0) is 49.8 Å². The molecule has 2 aliphatic rings. The molecule has 19 heavy (non-hydrogen) atoms. The first-order chi connectivity index (χ1) is 9.06. The highest BCUT2D eigenvalue weighted by Gasteiger charge is 2.53. The zero-order valence-electron chi connectivity index (χ0n) is 12.0. The lowest BCUT2D eigenvalue weighted by atomic mass is 9.58. The number of ether oxygens (including phenoxy) is 2. The van der Waals surface area contributed by atoms with E-state index in [9.17, 15) is 0 Å². The Morgan fingerprint density at radius 1 is 1.26 bits per heavy atom. The van der Waals surface area contributed by atoms with E-state index in [0.717, 1.165) is 31.8 Å². The van der Waals surface area contributed by atoms with Crippen LogP contribution in [0.4, 0.5) is 0 Å². The van der Waals surface area contributed by atoms with Crippen molar-refractivity contribution in [1.82, 2.24) is 0 Å². The third-order valence-electron chi connectivity index (χ3n) is 4.84. The fourth-order valence-corrected chi connectivity index (χ4v) is 3.75. The van der Waals surface area contributed by atoms with E-state index in [4.69, 9.17) is 15.2 Å². The monoisotopic (exact) mass is 261 g/mol. The summed E-state index contributed by atoms with van der Waals surface area (Å²) in [6.45, 7) is 5.92. The van der Waals surface area contributed by atoms with Crippen LogP contribution < -0.4 is 10.5 Å². The number of hydrogen-bond donors (Lipinski definition) is 1. The molecular weight excluding hydrogens is 238 g/mol. The Morgan fingerprint density at radius 2 is 1.95 bits per heavy atom. The Labute approximate surface area is 115 Å². The van der Waals surface area contributed by atoms with Crippen molar-refractivity contribution in [1.29, 1.82) is 0 Å². The van der Waals surface area contributed by atoms with Crippen molar-refractivity contribution in [3.05, 3.63) is 28.8 Å². The highest BCUT2D eigenvalue weighted by molar-refractivity contribution is 5.50. The minimum atomic E-state index is 0.138. The molecule has 0 bridgehead atoms. The molecule has 1 aromatic rings. The smallest absolute Gasteiger partial charge is 0.123 e. The molecule has 1 aliphatic carbocycles. The molecule has 1 heterocycles. The third kappa shape index (κ3) is 1.87. The number of nitrogens with two attached hydrogens (primary N) is 1. The van der Waals surface area contributed by atoms with E-state index in [2.05, 4.69) is 26.0 Å². The molecular formula is C16H23NO2. The van der Waals surface area contributed by atoms with Crippen LogP contribution in [0, 0.1) is 19.8 Å². The van der Waals surface area contributed by atoms with Crippen molar-refractivity contribution in [2.75, 3.05) is 20.3 Å². The Morgan fingerprint density at radius 3 is 2.42 bits per heavy atom. The molecule has 3 rings (SSSR count). The number of methoxy groups -OCH3 is 1. The Kier molecular flexibility index (Phi) is 3.06. The first-order valence-corrected chi connectivity index (χ1v) is 7.06. The van der Waals surface area contributed by atoms with Gasteiger partial charge in [-0.25, -0.2) is 0 Å². The minimum Gasteiger partial charge on any atom is -0.496 e. The second-order valence-corrected chi connectivity index (χ2v) is 6.24. The molecule has 0 unspecified atom stereocenters. The van der Waals surface area contributed by atoms with Gasteiger partial charge < -0.3 is 15.2 Å². The van der Waals surface area contributed by atoms with Gasteiger partial charge in [-0.1, -0.05) is 6.07 Å². The highest BCUT2D eigenvalue weighted by Crippen LogP contribution is 2.51. The third-order valence-corrected chi connectivity index (χ3v) is 4.84. The first-order valence-electron chi connectivity index (χ1n) is 7.06. The zero-order valence-corrected chi connectivity index (χ0v) is 12.0. The van der Waals surface area contributed by atoms with Crippen LogP contribution in [0.1, 0.15) is 29.5 Å². The molecule has 0 amide bonds. The van der Waals surface area contributed by atoms with Crippen molar-refractivity contribution in [3.63, 3.8) is 0 Å². The first kappa shape index (κ1) is 12.9. The molecule has 1 aromatic carbocycles. The lowest BCUT2D eigenvalue weighted by Crippen LogP contribution is -2.59. The van der Waals surface area contributed by atoms with Gasteiger partial charge >= 0.3 is 0 Å². The van der Waals surface area contributed by atoms with E-state index >= 15 is 0 Å². The number of aryl methyl sites for hydroxylation is 2. The summed E-state index contributed by atoms with van der Waals surface area (Å²) >= 11 is 0. The van der Waals surface area contributed by atoms with Gasteiger partial charge in [0.1, 0.15) is 5.75 Å². The fraction of sp³-hybridized carbons (Fsp3) is 0.625. The van der Waals surface area contributed by atoms with Crippen molar-refractivity contribution in [3.8, 4) is 5.75 Å². The lowest BCUT2D eigenvalue weighted by Gasteiger charge is -2.54. The van der Waals surface area contributed by atoms with E-state index in [-0.39, 0.29) is 5.41 Å². The normalized spacial score (nSPS) is 28.4. The summed E-state index contributed by atoms with van der Waals surface area (Å²) in [6, 6.07) is 4.76. The van der Waals surface area contributed by atoms with Gasteiger partial charge in [0.15, 0.2) is 0 Å². The average Bonchev–Trinajstić information content (AvgIpc) is 2.27. The molecule has 0 radical (unpaired) electrons. The fourth-order valence-electron chi connectivity index (χ4n) is 3.75. The molecule has 3 heteroatoms. The molecule has 104 valence electrons. The molecule has 3 nitrogen and oxygen atoms in total. The molecule has 1 aliphatic heterocycles. The number of benzene rings is 1. The molecule has 1 saturated carbocycles. The lowest BCUT2D eigenvalue weighted by molar-refractivity contribution is -0.112. The topological polar surface area (TPSA) is 44.5 Å². The van der Waals surface area contributed by atoms with Crippen LogP contribution in [0.15, 0.2) is 12.1 Å². The van der Waals surface area contributed by atoms with Gasteiger partial charge in [0.2, 0.25) is 0 Å². The second-order valence-electron chi connectivity index (χ2n) is 6.24. The predicted octanol–water partition coefficient (Wildman–Crippen LogP) is 2.32. The van der Waals surface area contributed by atoms with Gasteiger partial charge in [-0.15, -0.1) is 0 Å². The van der Waals surface area contributed by atoms with Crippen LogP contribution in [0.5, 0.6) is 5.75 Å². The second kappa shape index (κ2) is 4.50. The van der Waals surface area contributed by atoms with Crippen LogP contribution >= 0.6 is 0 Å². The quantitative estimate of drug-likeness (QED) is 0.908.